The number of carbonyl (C=O) groups excluding carboxylic acids is 3. The number of ether oxygens (including phenoxy) is 1. The fraction of sp³-hybridized carbons (Fsp3) is 0.160. The predicted molar refractivity (Wildman–Crippen MR) is 127 cm³/mol. The Morgan fingerprint density at radius 1 is 0.824 bits per heavy atom. The zero-order valence-corrected chi connectivity index (χ0v) is 19.0. The highest BCUT2D eigenvalue weighted by molar-refractivity contribution is 8.00. The Labute approximate surface area is 201 Å². The molecule has 3 amide bonds. The third-order valence-electron chi connectivity index (χ3n) is 4.62. The molecule has 1 atom stereocenters. The van der Waals surface area contributed by atoms with Gasteiger partial charge < -0.3 is 10.1 Å². The summed E-state index contributed by atoms with van der Waals surface area (Å²) in [5.74, 6) is -1.67. The molecule has 0 saturated heterocycles. The first-order chi connectivity index (χ1) is 16.5. The zero-order valence-electron chi connectivity index (χ0n) is 18.2. The number of alkyl carbamates (subject to hydrolysis) is 1. The maximum atomic E-state index is 13.7. The van der Waals surface area contributed by atoms with E-state index in [1.54, 1.807) is 18.2 Å². The molecule has 176 valence electrons. The van der Waals surface area contributed by atoms with Crippen LogP contribution in [-0.4, -0.2) is 29.7 Å². The Morgan fingerprint density at radius 2 is 1.44 bits per heavy atom. The Balaban J connectivity index is 1.53. The van der Waals surface area contributed by atoms with Crippen molar-refractivity contribution in [2.24, 2.45) is 0 Å². The Bertz CT molecular complexity index is 1100. The molecule has 9 heteroatoms. The van der Waals surface area contributed by atoms with Crippen molar-refractivity contribution in [1.82, 2.24) is 16.2 Å². The number of nitrogens with one attached hydrogen (secondary N) is 3. The van der Waals surface area contributed by atoms with Gasteiger partial charge in [0.2, 0.25) is 5.91 Å². The van der Waals surface area contributed by atoms with Gasteiger partial charge in [-0.15, -0.1) is 11.8 Å². The van der Waals surface area contributed by atoms with E-state index in [0.717, 1.165) is 22.9 Å². The molecule has 0 fully saturated rings. The summed E-state index contributed by atoms with van der Waals surface area (Å²) in [6, 6.07) is 23.4. The first-order valence-corrected chi connectivity index (χ1v) is 11.5. The molecule has 0 spiro atoms. The molecule has 0 aliphatic carbocycles. The number of hydrazine groups is 1. The van der Waals surface area contributed by atoms with Crippen molar-refractivity contribution < 1.29 is 23.5 Å². The molecule has 3 aromatic carbocycles. The van der Waals surface area contributed by atoms with Gasteiger partial charge in [0, 0.05) is 11.3 Å². The lowest BCUT2D eigenvalue weighted by molar-refractivity contribution is -0.128. The minimum Gasteiger partial charge on any atom is -0.445 e. The fourth-order valence-electron chi connectivity index (χ4n) is 2.93. The van der Waals surface area contributed by atoms with Crippen LogP contribution in [0.4, 0.5) is 9.18 Å². The van der Waals surface area contributed by atoms with Crippen LogP contribution < -0.4 is 16.2 Å². The molecule has 3 rings (SSSR count). The van der Waals surface area contributed by atoms with E-state index < -0.39 is 29.8 Å². The molecule has 7 nitrogen and oxygen atoms in total. The van der Waals surface area contributed by atoms with Crippen LogP contribution in [0.5, 0.6) is 0 Å². The topological polar surface area (TPSA) is 96.5 Å². The highest BCUT2D eigenvalue weighted by Gasteiger charge is 2.22. The summed E-state index contributed by atoms with van der Waals surface area (Å²) in [4.78, 5) is 37.5. The maximum Gasteiger partial charge on any atom is 0.408 e. The van der Waals surface area contributed by atoms with E-state index in [-0.39, 0.29) is 18.8 Å². The van der Waals surface area contributed by atoms with Gasteiger partial charge in [0.1, 0.15) is 18.5 Å². The molecule has 0 bridgehead atoms. The van der Waals surface area contributed by atoms with Gasteiger partial charge in [-0.3, -0.25) is 20.4 Å². The lowest BCUT2D eigenvalue weighted by Crippen LogP contribution is -2.53. The normalized spacial score (nSPS) is 11.2. The fourth-order valence-corrected chi connectivity index (χ4v) is 3.67. The molecule has 0 radical (unpaired) electrons. The highest BCUT2D eigenvalue weighted by Crippen LogP contribution is 2.20. The third-order valence-corrected chi connectivity index (χ3v) is 5.67. The van der Waals surface area contributed by atoms with Gasteiger partial charge in [-0.2, -0.15) is 0 Å². The lowest BCUT2D eigenvalue weighted by atomic mass is 10.1. The zero-order chi connectivity index (χ0) is 24.2. The molecule has 3 aromatic rings. The number of benzene rings is 3. The number of carbonyl (C=O) groups is 3. The second-order valence-electron chi connectivity index (χ2n) is 7.20. The van der Waals surface area contributed by atoms with Gasteiger partial charge in [-0.25, -0.2) is 9.18 Å². The van der Waals surface area contributed by atoms with E-state index in [1.165, 1.54) is 6.07 Å². The van der Waals surface area contributed by atoms with E-state index in [4.69, 9.17) is 4.74 Å². The summed E-state index contributed by atoms with van der Waals surface area (Å²) < 4.78 is 18.9. The van der Waals surface area contributed by atoms with Crippen molar-refractivity contribution in [2.75, 3.05) is 5.75 Å². The number of thioether (sulfide) groups is 1. The third kappa shape index (κ3) is 8.25. The summed E-state index contributed by atoms with van der Waals surface area (Å²) in [5, 5.41) is 2.55. The minimum absolute atomic E-state index is 0.0519. The van der Waals surface area contributed by atoms with Crippen molar-refractivity contribution in [2.45, 2.75) is 24.0 Å². The Kier molecular flexibility index (Phi) is 9.48. The maximum absolute atomic E-state index is 13.7. The smallest absolute Gasteiger partial charge is 0.408 e. The average Bonchev–Trinajstić information content (AvgIpc) is 2.86. The van der Waals surface area contributed by atoms with Crippen LogP contribution in [-0.2, 0) is 27.4 Å². The van der Waals surface area contributed by atoms with Crippen LogP contribution in [0.3, 0.4) is 0 Å². The number of hydrogen-bond donors (Lipinski definition) is 3. The summed E-state index contributed by atoms with van der Waals surface area (Å²) in [5.41, 5.74) is 6.23. The number of amides is 3. The van der Waals surface area contributed by atoms with Gasteiger partial charge >= 0.3 is 6.09 Å². The Morgan fingerprint density at radius 3 is 2.12 bits per heavy atom. The molecular weight excluding hydrogens is 457 g/mol. The van der Waals surface area contributed by atoms with E-state index in [9.17, 15) is 18.8 Å². The first kappa shape index (κ1) is 24.8. The van der Waals surface area contributed by atoms with E-state index >= 15 is 0 Å². The second kappa shape index (κ2) is 13.0. The molecule has 0 heterocycles. The molecule has 0 aliphatic rings. The van der Waals surface area contributed by atoms with Crippen molar-refractivity contribution in [3.05, 3.63) is 102 Å². The van der Waals surface area contributed by atoms with Crippen molar-refractivity contribution >= 4 is 29.7 Å². The van der Waals surface area contributed by atoms with Crippen molar-refractivity contribution in [3.63, 3.8) is 0 Å². The van der Waals surface area contributed by atoms with Crippen LogP contribution >= 0.6 is 11.8 Å². The number of rotatable bonds is 9. The summed E-state index contributed by atoms with van der Waals surface area (Å²) in [6.07, 6.45) is -0.575. The Hall–Kier alpha value is -3.85. The quantitative estimate of drug-likeness (QED) is 0.321. The van der Waals surface area contributed by atoms with E-state index in [2.05, 4.69) is 16.2 Å². The van der Waals surface area contributed by atoms with Crippen LogP contribution in [0.1, 0.15) is 11.1 Å². The van der Waals surface area contributed by atoms with E-state index in [0.29, 0.717) is 4.90 Å². The van der Waals surface area contributed by atoms with Crippen LogP contribution in [0.25, 0.3) is 0 Å². The average molecular weight is 482 g/mol. The summed E-state index contributed by atoms with van der Waals surface area (Å²) in [7, 11) is 0. The molecule has 0 unspecified atom stereocenters. The number of hydrogen-bond acceptors (Lipinski definition) is 5. The number of halogens is 1. The van der Waals surface area contributed by atoms with Gasteiger partial charge in [-0.1, -0.05) is 72.8 Å². The van der Waals surface area contributed by atoms with Crippen LogP contribution in [0.15, 0.2) is 89.8 Å². The minimum atomic E-state index is -0.995. The SMILES string of the molecule is O=C(CSc1ccccc1F)NNC(=O)[C@H](Cc1ccccc1)NC(=O)OCc1ccccc1. The van der Waals surface area contributed by atoms with Crippen molar-refractivity contribution in [1.29, 1.82) is 0 Å². The summed E-state index contributed by atoms with van der Waals surface area (Å²) in [6.45, 7) is 0.0519. The van der Waals surface area contributed by atoms with Gasteiger partial charge in [0.05, 0.1) is 5.75 Å². The van der Waals surface area contributed by atoms with Crippen LogP contribution in [0, 0.1) is 5.82 Å². The van der Waals surface area contributed by atoms with Gasteiger partial charge in [-0.05, 0) is 23.3 Å². The van der Waals surface area contributed by atoms with E-state index in [1.807, 2.05) is 60.7 Å². The highest BCUT2D eigenvalue weighted by atomic mass is 32.2. The largest absolute Gasteiger partial charge is 0.445 e. The molecule has 0 aromatic heterocycles. The summed E-state index contributed by atoms with van der Waals surface area (Å²) >= 11 is 1.00. The molecule has 0 saturated carbocycles. The lowest BCUT2D eigenvalue weighted by Gasteiger charge is -2.19. The first-order valence-electron chi connectivity index (χ1n) is 10.5. The monoisotopic (exact) mass is 481 g/mol. The predicted octanol–water partition coefficient (Wildman–Crippen LogP) is 3.60. The molecule has 3 N–H and O–H groups in total. The van der Waals surface area contributed by atoms with Crippen molar-refractivity contribution in [3.8, 4) is 0 Å². The van der Waals surface area contributed by atoms with Gasteiger partial charge in [0.25, 0.3) is 5.91 Å². The molecule has 34 heavy (non-hydrogen) atoms. The molecular formula is C25H24FN3O4S. The van der Waals surface area contributed by atoms with Gasteiger partial charge in [0.15, 0.2) is 0 Å². The standard InChI is InChI=1S/C25H24FN3O4S/c26-20-13-7-8-14-22(20)34-17-23(30)28-29-24(31)21(15-18-9-3-1-4-10-18)27-25(32)33-16-19-11-5-2-6-12-19/h1-14,21H,15-17H2,(H,27,32)(H,28,30)(H,29,31)/t21-/m0/s1. The van der Waals surface area contributed by atoms with Crippen LogP contribution in [0.2, 0.25) is 0 Å². The second-order valence-corrected chi connectivity index (χ2v) is 8.22. The molecule has 0 aliphatic heterocycles.